The third-order valence-electron chi connectivity index (χ3n) is 1.29. The maximum atomic E-state index is 5.88. The van der Waals surface area contributed by atoms with Gasteiger partial charge in [-0.15, -0.1) is 0 Å². The monoisotopic (exact) mass is 177 g/mol. The summed E-state index contributed by atoms with van der Waals surface area (Å²) in [5, 5.41) is -0.449. The molecule has 10 heavy (non-hydrogen) atoms. The Morgan fingerprint density at radius 3 is 2.70 bits per heavy atom. The molecule has 0 N–H and O–H groups in total. The van der Waals surface area contributed by atoms with Crippen molar-refractivity contribution in [3.63, 3.8) is 0 Å². The van der Waals surface area contributed by atoms with Gasteiger partial charge in [0.25, 0.3) is 0 Å². The molecule has 0 saturated carbocycles. The van der Waals surface area contributed by atoms with Crippen LogP contribution in [0.25, 0.3) is 0 Å². The van der Waals surface area contributed by atoms with Crippen LogP contribution in [0.5, 0.6) is 0 Å². The Bertz CT molecular complexity index is 186. The number of hydrogen-bond donors (Lipinski definition) is 0. The van der Waals surface area contributed by atoms with E-state index in [2.05, 4.69) is 0 Å². The molecule has 0 bridgehead atoms. The zero-order chi connectivity index (χ0) is 7.61. The van der Waals surface area contributed by atoms with Crippen molar-refractivity contribution in [1.82, 2.24) is 0 Å². The minimum atomic E-state index is -0.934. The second kappa shape index (κ2) is 2.95. The molecule has 1 unspecified atom stereocenters. The van der Waals surface area contributed by atoms with Crippen molar-refractivity contribution < 1.29 is 4.74 Å². The number of methoxy groups -OCH3 is 1. The van der Waals surface area contributed by atoms with Crippen LogP contribution in [0.4, 0.5) is 0 Å². The lowest BCUT2D eigenvalue weighted by Crippen LogP contribution is -2.22. The van der Waals surface area contributed by atoms with Crippen molar-refractivity contribution >= 4 is 23.2 Å². The number of alkyl halides is 1. The standard InChI is InChI=1S/C7H7Cl2O/c1-10-7(9)5-3-2-4-6(7)8/h2-5H,1H3. The van der Waals surface area contributed by atoms with Crippen molar-refractivity contribution in [2.75, 3.05) is 7.11 Å². The van der Waals surface area contributed by atoms with Gasteiger partial charge in [-0.25, -0.2) is 0 Å². The van der Waals surface area contributed by atoms with Gasteiger partial charge < -0.3 is 4.74 Å². The van der Waals surface area contributed by atoms with Crippen molar-refractivity contribution in [3.8, 4) is 0 Å². The Balaban J connectivity index is 2.83. The van der Waals surface area contributed by atoms with Crippen molar-refractivity contribution in [2.45, 2.75) is 5.06 Å². The van der Waals surface area contributed by atoms with Crippen molar-refractivity contribution in [2.24, 2.45) is 0 Å². The molecule has 0 aliphatic heterocycles. The maximum Gasteiger partial charge on any atom is 0.196 e. The van der Waals surface area contributed by atoms with E-state index in [-0.39, 0.29) is 0 Å². The number of halogens is 2. The number of ether oxygens (including phenoxy) is 1. The molecule has 1 aliphatic carbocycles. The lowest BCUT2D eigenvalue weighted by molar-refractivity contribution is 0.139. The molecule has 1 rings (SSSR count). The first kappa shape index (κ1) is 8.12. The fourth-order valence-corrected chi connectivity index (χ4v) is 1.03. The van der Waals surface area contributed by atoms with Gasteiger partial charge in [-0.1, -0.05) is 35.4 Å². The van der Waals surface area contributed by atoms with Crippen LogP contribution in [0.1, 0.15) is 0 Å². The van der Waals surface area contributed by atoms with Crippen LogP contribution in [-0.4, -0.2) is 12.2 Å². The average Bonchev–Trinajstić information content (AvgIpc) is 1.96. The number of hydrogen-bond acceptors (Lipinski definition) is 1. The van der Waals surface area contributed by atoms with E-state index in [0.717, 1.165) is 0 Å². The molecule has 0 saturated heterocycles. The predicted molar refractivity (Wildman–Crippen MR) is 43.0 cm³/mol. The SMILES string of the molecule is COC1(Cl)C=C[CH]C=C1Cl. The Hall–Kier alpha value is 0.0200. The average molecular weight is 178 g/mol. The number of rotatable bonds is 1. The molecule has 1 atom stereocenters. The predicted octanol–water partition coefficient (Wildman–Crippen LogP) is 2.46. The first-order valence-corrected chi connectivity index (χ1v) is 3.57. The molecule has 0 heterocycles. The Labute approximate surface area is 70.3 Å². The molecule has 1 nitrogen and oxygen atoms in total. The zero-order valence-electron chi connectivity index (χ0n) is 5.47. The summed E-state index contributed by atoms with van der Waals surface area (Å²) in [4.78, 5) is 0. The van der Waals surface area contributed by atoms with Crippen LogP contribution < -0.4 is 0 Å². The Morgan fingerprint density at radius 2 is 2.30 bits per heavy atom. The molecule has 0 amide bonds. The topological polar surface area (TPSA) is 9.23 Å². The molecule has 0 fully saturated rings. The van der Waals surface area contributed by atoms with Crippen molar-refractivity contribution in [3.05, 3.63) is 29.7 Å². The van der Waals surface area contributed by atoms with Gasteiger partial charge in [-0.3, -0.25) is 0 Å². The first-order valence-electron chi connectivity index (χ1n) is 2.82. The van der Waals surface area contributed by atoms with Crippen LogP contribution in [0.15, 0.2) is 23.3 Å². The molecule has 0 spiro atoms. The largest absolute Gasteiger partial charge is 0.354 e. The van der Waals surface area contributed by atoms with Gasteiger partial charge in [0.15, 0.2) is 5.06 Å². The lowest BCUT2D eigenvalue weighted by Gasteiger charge is -2.22. The summed E-state index contributed by atoms with van der Waals surface area (Å²) in [6, 6.07) is 0. The second-order valence-electron chi connectivity index (χ2n) is 1.92. The lowest BCUT2D eigenvalue weighted by atomic mass is 10.1. The Kier molecular flexibility index (Phi) is 2.40. The van der Waals surface area contributed by atoms with Gasteiger partial charge in [0.05, 0.1) is 5.03 Å². The molecule has 1 aliphatic rings. The fraction of sp³-hybridized carbons (Fsp3) is 0.286. The van der Waals surface area contributed by atoms with Crippen LogP contribution in [0.3, 0.4) is 0 Å². The van der Waals surface area contributed by atoms with Crippen LogP contribution in [-0.2, 0) is 4.74 Å². The summed E-state index contributed by atoms with van der Waals surface area (Å²) in [5.41, 5.74) is 0. The summed E-state index contributed by atoms with van der Waals surface area (Å²) in [7, 11) is 1.51. The van der Waals surface area contributed by atoms with E-state index < -0.39 is 5.06 Å². The van der Waals surface area contributed by atoms with Crippen LogP contribution >= 0.6 is 23.2 Å². The van der Waals surface area contributed by atoms with E-state index in [1.54, 1.807) is 18.2 Å². The molecular weight excluding hydrogens is 171 g/mol. The van der Waals surface area contributed by atoms with Crippen LogP contribution in [0, 0.1) is 6.42 Å². The van der Waals surface area contributed by atoms with E-state index in [9.17, 15) is 0 Å². The first-order chi connectivity index (χ1) is 4.69. The van der Waals surface area contributed by atoms with Gasteiger partial charge in [-0.05, 0) is 6.08 Å². The second-order valence-corrected chi connectivity index (χ2v) is 2.88. The molecule has 3 heteroatoms. The van der Waals surface area contributed by atoms with E-state index in [1.807, 2.05) is 6.42 Å². The number of allylic oxidation sites excluding steroid dienone is 2. The van der Waals surface area contributed by atoms with Gasteiger partial charge in [0, 0.05) is 13.5 Å². The fourth-order valence-electron chi connectivity index (χ4n) is 0.678. The van der Waals surface area contributed by atoms with E-state index in [0.29, 0.717) is 5.03 Å². The molecule has 0 aromatic rings. The zero-order valence-corrected chi connectivity index (χ0v) is 6.99. The molecular formula is C7H7Cl2O. The third-order valence-corrected chi connectivity index (χ3v) is 2.27. The quantitative estimate of drug-likeness (QED) is 0.560. The maximum absolute atomic E-state index is 5.88. The smallest absolute Gasteiger partial charge is 0.196 e. The van der Waals surface area contributed by atoms with Gasteiger partial charge in [-0.2, -0.15) is 0 Å². The highest BCUT2D eigenvalue weighted by Crippen LogP contribution is 2.33. The Morgan fingerprint density at radius 1 is 1.60 bits per heavy atom. The van der Waals surface area contributed by atoms with Gasteiger partial charge in [0.1, 0.15) is 0 Å². The highest BCUT2D eigenvalue weighted by molar-refractivity contribution is 6.39. The highest BCUT2D eigenvalue weighted by Gasteiger charge is 2.28. The van der Waals surface area contributed by atoms with E-state index in [4.69, 9.17) is 27.9 Å². The minimum Gasteiger partial charge on any atom is -0.354 e. The molecule has 55 valence electrons. The summed E-state index contributed by atoms with van der Waals surface area (Å²) in [6.07, 6.45) is 7.00. The summed E-state index contributed by atoms with van der Waals surface area (Å²) in [6.45, 7) is 0. The minimum absolute atomic E-state index is 0.485. The molecule has 0 aromatic carbocycles. The third kappa shape index (κ3) is 1.36. The van der Waals surface area contributed by atoms with Gasteiger partial charge >= 0.3 is 0 Å². The van der Waals surface area contributed by atoms with Crippen molar-refractivity contribution in [1.29, 1.82) is 0 Å². The highest BCUT2D eigenvalue weighted by atomic mass is 35.5. The van der Waals surface area contributed by atoms with E-state index in [1.165, 1.54) is 7.11 Å². The normalized spacial score (nSPS) is 32.1. The summed E-state index contributed by atoms with van der Waals surface area (Å²) < 4.78 is 4.95. The molecule has 0 aromatic heterocycles. The molecule has 1 radical (unpaired) electrons. The summed E-state index contributed by atoms with van der Waals surface area (Å²) in [5.74, 6) is 0. The van der Waals surface area contributed by atoms with E-state index >= 15 is 0 Å². The van der Waals surface area contributed by atoms with Crippen LogP contribution in [0.2, 0.25) is 0 Å². The summed E-state index contributed by atoms with van der Waals surface area (Å²) >= 11 is 11.6. The van der Waals surface area contributed by atoms with Gasteiger partial charge in [0.2, 0.25) is 0 Å².